The summed E-state index contributed by atoms with van der Waals surface area (Å²) in [5, 5.41) is 0. The topological polar surface area (TPSA) is 29.3 Å². The molecule has 0 bridgehead atoms. The fraction of sp³-hybridized carbons (Fsp3) is 0.700. The van der Waals surface area contributed by atoms with Gasteiger partial charge in [0, 0.05) is 6.17 Å². The standard InChI is InChI=1S/C10H20N2OSi2/c1-14(2)5-6-15(3,4)12(9-14)10-7-13-8-11-10/h7-8H,5-6,9H2,1-4H3. The van der Waals surface area contributed by atoms with Gasteiger partial charge < -0.3 is 8.98 Å². The Morgan fingerprint density at radius 1 is 1.27 bits per heavy atom. The lowest BCUT2D eigenvalue weighted by Crippen LogP contribution is -2.60. The highest BCUT2D eigenvalue weighted by molar-refractivity contribution is 6.89. The highest BCUT2D eigenvalue weighted by atomic mass is 28.3. The zero-order chi connectivity index (χ0) is 11.1. The van der Waals surface area contributed by atoms with Crippen LogP contribution in [0.3, 0.4) is 0 Å². The predicted octanol–water partition coefficient (Wildman–Crippen LogP) is 2.95. The highest BCUT2D eigenvalue weighted by Gasteiger charge is 2.41. The van der Waals surface area contributed by atoms with Gasteiger partial charge in [0.1, 0.15) is 6.26 Å². The van der Waals surface area contributed by atoms with Gasteiger partial charge in [0.05, 0.1) is 8.07 Å². The predicted molar refractivity (Wildman–Crippen MR) is 68.4 cm³/mol. The van der Waals surface area contributed by atoms with Crippen molar-refractivity contribution in [2.24, 2.45) is 0 Å². The Balaban J connectivity index is 2.27. The van der Waals surface area contributed by atoms with E-state index in [0.717, 1.165) is 5.82 Å². The van der Waals surface area contributed by atoms with Gasteiger partial charge in [0.25, 0.3) is 0 Å². The fourth-order valence-corrected chi connectivity index (χ4v) is 12.6. The maximum absolute atomic E-state index is 5.11. The van der Waals surface area contributed by atoms with Gasteiger partial charge in [-0.1, -0.05) is 32.2 Å². The molecule has 1 saturated heterocycles. The minimum atomic E-state index is -1.27. The van der Waals surface area contributed by atoms with Crippen molar-refractivity contribution in [3.63, 3.8) is 0 Å². The molecule has 1 aromatic rings. The van der Waals surface area contributed by atoms with Crippen molar-refractivity contribution < 1.29 is 4.42 Å². The number of aromatic nitrogens is 1. The fourth-order valence-electron chi connectivity index (χ4n) is 2.23. The number of hydrogen-bond donors (Lipinski definition) is 0. The minimum absolute atomic E-state index is 1.02. The normalized spacial score (nSPS) is 24.1. The number of hydrogen-bond acceptors (Lipinski definition) is 3. The molecule has 0 radical (unpaired) electrons. The van der Waals surface area contributed by atoms with Crippen molar-refractivity contribution in [3.8, 4) is 0 Å². The molecule has 0 aromatic carbocycles. The maximum Gasteiger partial charge on any atom is 0.182 e. The van der Waals surface area contributed by atoms with Crippen LogP contribution in [0.4, 0.5) is 5.82 Å². The van der Waals surface area contributed by atoms with E-state index in [1.54, 1.807) is 12.7 Å². The van der Waals surface area contributed by atoms with E-state index in [4.69, 9.17) is 4.42 Å². The highest BCUT2D eigenvalue weighted by Crippen LogP contribution is 2.33. The monoisotopic (exact) mass is 240 g/mol. The van der Waals surface area contributed by atoms with Gasteiger partial charge in [-0.3, -0.25) is 0 Å². The van der Waals surface area contributed by atoms with Crippen LogP contribution in [0.5, 0.6) is 0 Å². The summed E-state index contributed by atoms with van der Waals surface area (Å²) in [7, 11) is -2.29. The second kappa shape index (κ2) is 3.48. The van der Waals surface area contributed by atoms with Crippen LogP contribution in [0, 0.1) is 0 Å². The first-order chi connectivity index (χ1) is 6.91. The molecule has 5 heteroatoms. The Bertz CT molecular complexity index is 335. The summed E-state index contributed by atoms with van der Waals surface area (Å²) in [6.45, 7) is 9.82. The van der Waals surface area contributed by atoms with Gasteiger partial charge >= 0.3 is 0 Å². The third-order valence-corrected chi connectivity index (χ3v) is 10.3. The molecule has 84 valence electrons. The molecule has 1 aliphatic heterocycles. The van der Waals surface area contributed by atoms with Crippen molar-refractivity contribution in [2.45, 2.75) is 38.3 Å². The number of anilines is 1. The third-order valence-electron chi connectivity index (χ3n) is 3.43. The van der Waals surface area contributed by atoms with Crippen molar-refractivity contribution in [3.05, 3.63) is 12.7 Å². The molecule has 0 amide bonds. The molecule has 15 heavy (non-hydrogen) atoms. The van der Waals surface area contributed by atoms with E-state index in [1.165, 1.54) is 18.3 Å². The summed E-state index contributed by atoms with van der Waals surface area (Å²) in [4.78, 5) is 4.32. The van der Waals surface area contributed by atoms with Crippen molar-refractivity contribution >= 4 is 22.1 Å². The van der Waals surface area contributed by atoms with Crippen molar-refractivity contribution in [1.29, 1.82) is 0 Å². The number of nitrogens with zero attached hydrogens (tertiary/aromatic N) is 2. The van der Waals surface area contributed by atoms with Gasteiger partial charge in [-0.25, -0.2) is 4.98 Å². The molecule has 2 heterocycles. The van der Waals surface area contributed by atoms with Crippen LogP contribution in [0.1, 0.15) is 0 Å². The molecular weight excluding hydrogens is 220 g/mol. The van der Waals surface area contributed by atoms with Crippen LogP contribution in [0.25, 0.3) is 0 Å². The molecule has 0 spiro atoms. The van der Waals surface area contributed by atoms with Crippen LogP contribution < -0.4 is 4.57 Å². The zero-order valence-electron chi connectivity index (χ0n) is 10.1. The quantitative estimate of drug-likeness (QED) is 0.707. The van der Waals surface area contributed by atoms with E-state index in [-0.39, 0.29) is 0 Å². The first kappa shape index (κ1) is 10.9. The Labute approximate surface area is 93.6 Å². The molecule has 1 fully saturated rings. The van der Waals surface area contributed by atoms with Crippen LogP contribution in [-0.2, 0) is 0 Å². The van der Waals surface area contributed by atoms with Crippen LogP contribution in [-0.4, -0.2) is 27.5 Å². The lowest BCUT2D eigenvalue weighted by atomic mass is 10.8. The summed E-state index contributed by atoms with van der Waals surface area (Å²) in [6.07, 6.45) is 4.59. The summed E-state index contributed by atoms with van der Waals surface area (Å²) >= 11 is 0. The Morgan fingerprint density at radius 3 is 2.60 bits per heavy atom. The molecule has 0 aliphatic carbocycles. The second-order valence-corrected chi connectivity index (χ2v) is 15.7. The molecular formula is C10H20N2OSi2. The van der Waals surface area contributed by atoms with Crippen molar-refractivity contribution in [1.82, 2.24) is 4.98 Å². The molecule has 1 aromatic heterocycles. The summed E-state index contributed by atoms with van der Waals surface area (Å²) in [5.74, 6) is 1.06. The molecule has 1 aliphatic rings. The lowest BCUT2D eigenvalue weighted by molar-refractivity contribution is 0.558. The smallest absolute Gasteiger partial charge is 0.182 e. The van der Waals surface area contributed by atoms with E-state index >= 15 is 0 Å². The zero-order valence-corrected chi connectivity index (χ0v) is 12.1. The van der Waals surface area contributed by atoms with E-state index < -0.39 is 16.3 Å². The van der Waals surface area contributed by atoms with E-state index in [9.17, 15) is 0 Å². The Morgan fingerprint density at radius 2 is 2.00 bits per heavy atom. The third kappa shape index (κ3) is 2.18. The molecule has 0 atom stereocenters. The minimum Gasteiger partial charge on any atom is -0.450 e. The van der Waals surface area contributed by atoms with Gasteiger partial charge in [-0.2, -0.15) is 0 Å². The van der Waals surface area contributed by atoms with Gasteiger partial charge in [-0.15, -0.1) is 0 Å². The summed E-state index contributed by atoms with van der Waals surface area (Å²) in [6, 6.07) is 2.87. The average Bonchev–Trinajstić information content (AvgIpc) is 2.62. The van der Waals surface area contributed by atoms with Crippen LogP contribution in [0.2, 0.25) is 38.3 Å². The largest absolute Gasteiger partial charge is 0.450 e. The van der Waals surface area contributed by atoms with Gasteiger partial charge in [0.2, 0.25) is 0 Å². The van der Waals surface area contributed by atoms with Gasteiger partial charge in [0.15, 0.2) is 20.4 Å². The molecule has 3 nitrogen and oxygen atoms in total. The number of rotatable bonds is 1. The molecule has 0 unspecified atom stereocenters. The summed E-state index contributed by atoms with van der Waals surface area (Å²) < 4.78 is 7.68. The first-order valence-electron chi connectivity index (χ1n) is 5.57. The van der Waals surface area contributed by atoms with E-state index in [0.29, 0.717) is 0 Å². The molecule has 2 rings (SSSR count). The van der Waals surface area contributed by atoms with Crippen LogP contribution >= 0.6 is 0 Å². The van der Waals surface area contributed by atoms with Crippen molar-refractivity contribution in [2.75, 3.05) is 10.7 Å². The summed E-state index contributed by atoms with van der Waals surface area (Å²) in [5.41, 5.74) is 0. The first-order valence-corrected chi connectivity index (χ1v) is 12.1. The van der Waals surface area contributed by atoms with E-state index in [1.807, 2.05) is 0 Å². The second-order valence-electron chi connectivity index (χ2n) is 5.91. The Kier molecular flexibility index (Phi) is 2.54. The van der Waals surface area contributed by atoms with Gasteiger partial charge in [-0.05, 0) is 6.04 Å². The van der Waals surface area contributed by atoms with E-state index in [2.05, 4.69) is 35.7 Å². The number of oxazole rings is 1. The molecule has 0 saturated carbocycles. The van der Waals surface area contributed by atoms with Crippen LogP contribution in [0.15, 0.2) is 17.1 Å². The SMILES string of the molecule is C[Si]1(C)CC[Si](C)(C)N(c2cocn2)C1. The maximum atomic E-state index is 5.11. The lowest BCUT2D eigenvalue weighted by Gasteiger charge is -2.47. The average molecular weight is 240 g/mol. The molecule has 0 N–H and O–H groups in total. The Hall–Kier alpha value is -0.556.